The number of amides is 1. The van der Waals surface area contributed by atoms with Crippen LogP contribution in [0, 0.1) is 0 Å². The number of nitrogens with one attached hydrogen (secondary N) is 1. The van der Waals surface area contributed by atoms with Crippen molar-refractivity contribution in [3.05, 3.63) is 85.1 Å². The molecule has 0 saturated carbocycles. The average molecular weight is 674 g/mol. The van der Waals surface area contributed by atoms with E-state index in [0.29, 0.717) is 12.8 Å². The number of allylic oxidation sites excluding steroid dienone is 13. The lowest BCUT2D eigenvalue weighted by molar-refractivity contribution is -0.302. The van der Waals surface area contributed by atoms with E-state index in [4.69, 9.17) is 9.47 Å². The Kier molecular flexibility index (Phi) is 26.5. The second-order valence-electron chi connectivity index (χ2n) is 11.9. The quantitative estimate of drug-likeness (QED) is 0.0510. The highest BCUT2D eigenvalue weighted by Gasteiger charge is 2.44. The van der Waals surface area contributed by atoms with Crippen LogP contribution in [0.15, 0.2) is 85.1 Å². The molecule has 9 heteroatoms. The van der Waals surface area contributed by atoms with E-state index < -0.39 is 49.5 Å². The largest absolute Gasteiger partial charge is 0.394 e. The maximum Gasteiger partial charge on any atom is 0.220 e. The molecule has 0 aromatic carbocycles. The molecule has 0 aromatic heterocycles. The Bertz CT molecular complexity index is 1020. The van der Waals surface area contributed by atoms with Gasteiger partial charge in [0.05, 0.1) is 25.4 Å². The van der Waals surface area contributed by atoms with Gasteiger partial charge in [-0.1, -0.05) is 112 Å². The van der Waals surface area contributed by atoms with Crippen LogP contribution in [0.2, 0.25) is 0 Å². The van der Waals surface area contributed by atoms with Crippen molar-refractivity contribution in [2.24, 2.45) is 0 Å². The summed E-state index contributed by atoms with van der Waals surface area (Å²) in [5.74, 6) is -0.279. The summed E-state index contributed by atoms with van der Waals surface area (Å²) in [7, 11) is 0. The smallest absolute Gasteiger partial charge is 0.220 e. The highest BCUT2D eigenvalue weighted by atomic mass is 16.7. The molecule has 272 valence electrons. The van der Waals surface area contributed by atoms with E-state index in [1.54, 1.807) is 6.08 Å². The standard InChI is InChI=1S/C39H63NO8/c1-3-5-7-9-11-13-15-17-19-21-23-25-27-29-35(43)40-32(31-47-39-38(46)37(45)36(44)34(30-41)48-39)33(42)28-26-24-22-20-18-16-14-12-10-8-6-4-2/h5,7,10-13,17-20,23,25-26,28,32-34,36-39,41-42,44-46H,3-4,6,8-9,14-16,21-22,24,27,29-31H2,1-2H3,(H,40,43)/b7-5-,12-10+,13-11-,19-17-,20-18+,25-23-,28-26+. The molecule has 0 bridgehead atoms. The van der Waals surface area contributed by atoms with Crippen LogP contribution in [-0.4, -0.2) is 87.5 Å². The van der Waals surface area contributed by atoms with E-state index in [-0.39, 0.29) is 18.9 Å². The molecule has 1 aliphatic heterocycles. The van der Waals surface area contributed by atoms with E-state index in [0.717, 1.165) is 51.4 Å². The third-order valence-electron chi connectivity index (χ3n) is 7.70. The van der Waals surface area contributed by atoms with Crippen molar-refractivity contribution in [2.45, 2.75) is 140 Å². The van der Waals surface area contributed by atoms with Gasteiger partial charge >= 0.3 is 0 Å². The Hall–Kier alpha value is -2.63. The number of rotatable bonds is 26. The molecule has 0 spiro atoms. The van der Waals surface area contributed by atoms with Crippen molar-refractivity contribution in [1.29, 1.82) is 0 Å². The van der Waals surface area contributed by atoms with Gasteiger partial charge in [-0.2, -0.15) is 0 Å². The summed E-state index contributed by atoms with van der Waals surface area (Å²) < 4.78 is 11.1. The number of carbonyl (C=O) groups excluding carboxylic acids is 1. The van der Waals surface area contributed by atoms with Crippen molar-refractivity contribution in [2.75, 3.05) is 13.2 Å². The van der Waals surface area contributed by atoms with E-state index in [1.807, 2.05) is 18.2 Å². The van der Waals surface area contributed by atoms with Gasteiger partial charge in [-0.3, -0.25) is 4.79 Å². The number of aliphatic hydroxyl groups excluding tert-OH is 5. The van der Waals surface area contributed by atoms with Crippen LogP contribution in [-0.2, 0) is 14.3 Å². The average Bonchev–Trinajstić information content (AvgIpc) is 3.08. The van der Waals surface area contributed by atoms with Gasteiger partial charge in [0.2, 0.25) is 5.91 Å². The Balaban J connectivity index is 2.61. The van der Waals surface area contributed by atoms with Crippen molar-refractivity contribution in [1.82, 2.24) is 5.32 Å². The monoisotopic (exact) mass is 673 g/mol. The lowest BCUT2D eigenvalue weighted by Crippen LogP contribution is -2.60. The predicted molar refractivity (Wildman–Crippen MR) is 193 cm³/mol. The molecule has 48 heavy (non-hydrogen) atoms. The summed E-state index contributed by atoms with van der Waals surface area (Å²) >= 11 is 0. The minimum absolute atomic E-state index is 0.208. The van der Waals surface area contributed by atoms with Crippen LogP contribution >= 0.6 is 0 Å². The Morgan fingerprint density at radius 1 is 0.729 bits per heavy atom. The minimum Gasteiger partial charge on any atom is -0.394 e. The highest BCUT2D eigenvalue weighted by Crippen LogP contribution is 2.22. The lowest BCUT2D eigenvalue weighted by Gasteiger charge is -2.40. The Labute approximate surface area is 289 Å². The van der Waals surface area contributed by atoms with Crippen LogP contribution in [0.5, 0.6) is 0 Å². The first kappa shape index (κ1) is 43.4. The molecule has 0 aliphatic carbocycles. The number of hydrogen-bond acceptors (Lipinski definition) is 8. The van der Waals surface area contributed by atoms with Gasteiger partial charge in [-0.25, -0.2) is 0 Å². The van der Waals surface area contributed by atoms with Crippen molar-refractivity contribution in [3.8, 4) is 0 Å². The molecule has 7 unspecified atom stereocenters. The molecular weight excluding hydrogens is 610 g/mol. The second kappa shape index (κ2) is 29.3. The second-order valence-corrected chi connectivity index (χ2v) is 11.9. The van der Waals surface area contributed by atoms with Crippen LogP contribution in [0.25, 0.3) is 0 Å². The molecule has 1 saturated heterocycles. The summed E-state index contributed by atoms with van der Waals surface area (Å²) in [6.45, 7) is 3.48. The first-order valence-electron chi connectivity index (χ1n) is 17.8. The number of hydrogen-bond donors (Lipinski definition) is 6. The van der Waals surface area contributed by atoms with E-state index >= 15 is 0 Å². The summed E-state index contributed by atoms with van der Waals surface area (Å²) in [5.41, 5.74) is 0. The molecule has 1 amide bonds. The first-order valence-corrected chi connectivity index (χ1v) is 17.8. The Morgan fingerprint density at radius 3 is 1.85 bits per heavy atom. The van der Waals surface area contributed by atoms with Gasteiger partial charge in [0, 0.05) is 6.42 Å². The summed E-state index contributed by atoms with van der Waals surface area (Å²) in [5, 5.41) is 53.7. The molecule has 1 fully saturated rings. The Morgan fingerprint density at radius 2 is 1.27 bits per heavy atom. The molecular formula is C39H63NO8. The number of aliphatic hydroxyl groups is 5. The van der Waals surface area contributed by atoms with Gasteiger partial charge in [-0.05, 0) is 64.2 Å². The third-order valence-corrected chi connectivity index (χ3v) is 7.70. The van der Waals surface area contributed by atoms with Gasteiger partial charge in [0.25, 0.3) is 0 Å². The number of unbranched alkanes of at least 4 members (excludes halogenated alkanes) is 4. The van der Waals surface area contributed by atoms with Gasteiger partial charge in [0.15, 0.2) is 6.29 Å². The van der Waals surface area contributed by atoms with Crippen molar-refractivity contribution < 1.29 is 39.8 Å². The molecule has 0 aromatic rings. The van der Waals surface area contributed by atoms with Gasteiger partial charge in [-0.15, -0.1) is 0 Å². The predicted octanol–water partition coefficient (Wildman–Crippen LogP) is 5.65. The fourth-order valence-corrected chi connectivity index (χ4v) is 4.77. The zero-order valence-corrected chi connectivity index (χ0v) is 29.2. The fraction of sp³-hybridized carbons (Fsp3) is 0.615. The molecule has 9 nitrogen and oxygen atoms in total. The molecule has 6 N–H and O–H groups in total. The van der Waals surface area contributed by atoms with Crippen LogP contribution < -0.4 is 5.32 Å². The third kappa shape index (κ3) is 20.7. The van der Waals surface area contributed by atoms with E-state index in [2.05, 4.69) is 79.9 Å². The zero-order chi connectivity index (χ0) is 35.2. The van der Waals surface area contributed by atoms with Crippen LogP contribution in [0.4, 0.5) is 0 Å². The first-order chi connectivity index (χ1) is 23.3. The maximum absolute atomic E-state index is 12.8. The van der Waals surface area contributed by atoms with Crippen molar-refractivity contribution in [3.63, 3.8) is 0 Å². The van der Waals surface area contributed by atoms with Gasteiger partial charge in [0.1, 0.15) is 24.4 Å². The van der Waals surface area contributed by atoms with E-state index in [1.165, 1.54) is 12.8 Å². The molecule has 1 heterocycles. The highest BCUT2D eigenvalue weighted by molar-refractivity contribution is 5.76. The zero-order valence-electron chi connectivity index (χ0n) is 29.2. The number of carbonyl (C=O) groups is 1. The summed E-state index contributed by atoms with van der Waals surface area (Å²) in [6, 6.07) is -0.867. The molecule has 1 rings (SSSR count). The molecule has 1 aliphatic rings. The maximum atomic E-state index is 12.8. The lowest BCUT2D eigenvalue weighted by atomic mass is 9.99. The normalized spacial score (nSPS) is 23.7. The van der Waals surface area contributed by atoms with Crippen molar-refractivity contribution >= 4 is 5.91 Å². The summed E-state index contributed by atoms with van der Waals surface area (Å²) in [6.07, 6.45) is 32.2. The van der Waals surface area contributed by atoms with Crippen LogP contribution in [0.3, 0.4) is 0 Å². The fourth-order valence-electron chi connectivity index (χ4n) is 4.77. The van der Waals surface area contributed by atoms with Crippen LogP contribution in [0.1, 0.15) is 97.3 Å². The van der Waals surface area contributed by atoms with Gasteiger partial charge < -0.3 is 40.3 Å². The minimum atomic E-state index is -1.59. The molecule has 0 radical (unpaired) electrons. The van der Waals surface area contributed by atoms with E-state index in [9.17, 15) is 30.3 Å². The molecule has 7 atom stereocenters. The topological polar surface area (TPSA) is 149 Å². The summed E-state index contributed by atoms with van der Waals surface area (Å²) in [4.78, 5) is 12.8. The number of ether oxygens (including phenoxy) is 2. The SMILES string of the molecule is CC/C=C\C/C=C\C/C=C\C/C=C\CCC(=O)NC(COC1OC(CO)C(O)C(O)C1O)C(O)/C=C/CC/C=C/CC/C=C/CCCC.